The number of methoxy groups -OCH3 is 2. The van der Waals surface area contributed by atoms with E-state index in [-0.39, 0.29) is 24.4 Å². The number of pyridine rings is 2. The Balaban J connectivity index is 1.64. The molecular formula is C24H25N3O6. The van der Waals surface area contributed by atoms with E-state index in [1.54, 1.807) is 44.4 Å². The Morgan fingerprint density at radius 1 is 1.18 bits per heavy atom. The molecule has 3 heterocycles. The number of nitrogens with zero attached hydrogens (tertiary/aromatic N) is 3. The van der Waals surface area contributed by atoms with E-state index in [4.69, 9.17) is 9.47 Å². The van der Waals surface area contributed by atoms with Gasteiger partial charge in [-0.15, -0.1) is 0 Å². The van der Waals surface area contributed by atoms with E-state index < -0.39 is 5.97 Å². The number of carbonyl (C=O) groups is 2. The summed E-state index contributed by atoms with van der Waals surface area (Å²) in [7, 11) is 4.94. The van der Waals surface area contributed by atoms with Crippen molar-refractivity contribution in [2.75, 3.05) is 27.3 Å². The summed E-state index contributed by atoms with van der Waals surface area (Å²) in [4.78, 5) is 40.6. The van der Waals surface area contributed by atoms with E-state index in [2.05, 4.69) is 14.6 Å². The van der Waals surface area contributed by atoms with E-state index in [0.29, 0.717) is 36.5 Å². The first-order valence-corrected chi connectivity index (χ1v) is 10.5. The molecule has 9 nitrogen and oxygen atoms in total. The molecule has 1 aromatic carbocycles. The van der Waals surface area contributed by atoms with Crippen LogP contribution < -0.4 is 15.0 Å². The standard InChI is InChI=1S/C24H25N3O6/c1-26-12-19(17-4-5-25-9-18(17)24(26)30)16-7-21(31-2)20(22(8-16)32-3)13-27-10-15(11-27)6-23(29)33-14-28/h4-5,7-9,12,14-15H,6,10-11,13H2,1-3H3. The van der Waals surface area contributed by atoms with Crippen LogP contribution in [-0.4, -0.2) is 54.2 Å². The van der Waals surface area contributed by atoms with Crippen molar-refractivity contribution in [3.8, 4) is 22.6 Å². The molecule has 0 unspecified atom stereocenters. The van der Waals surface area contributed by atoms with Crippen LogP contribution in [0.25, 0.3) is 21.9 Å². The molecule has 0 spiro atoms. The SMILES string of the molecule is COc1cc(-c2cn(C)c(=O)c3cnccc23)cc(OC)c1CN1CC(CC(=O)OC=O)C1. The third kappa shape index (κ3) is 4.45. The Kier molecular flexibility index (Phi) is 6.41. The van der Waals surface area contributed by atoms with Crippen LogP contribution in [0.1, 0.15) is 12.0 Å². The maximum absolute atomic E-state index is 12.5. The molecule has 1 saturated heterocycles. The average Bonchev–Trinajstić information content (AvgIpc) is 2.80. The molecule has 172 valence electrons. The van der Waals surface area contributed by atoms with E-state index in [9.17, 15) is 14.4 Å². The lowest BCUT2D eigenvalue weighted by Crippen LogP contribution is -2.46. The molecule has 1 fully saturated rings. The first-order chi connectivity index (χ1) is 15.9. The molecule has 2 aromatic heterocycles. The molecule has 1 aliphatic rings. The number of esters is 1. The lowest BCUT2D eigenvalue weighted by Gasteiger charge is -2.39. The van der Waals surface area contributed by atoms with E-state index in [0.717, 1.165) is 22.1 Å². The highest BCUT2D eigenvalue weighted by molar-refractivity contribution is 5.95. The van der Waals surface area contributed by atoms with E-state index in [1.807, 2.05) is 18.2 Å². The molecule has 0 N–H and O–H groups in total. The Bertz CT molecular complexity index is 1240. The normalized spacial score (nSPS) is 14.0. The smallest absolute Gasteiger partial charge is 0.313 e. The molecule has 0 bridgehead atoms. The maximum atomic E-state index is 12.5. The summed E-state index contributed by atoms with van der Waals surface area (Å²) in [6.45, 7) is 2.17. The summed E-state index contributed by atoms with van der Waals surface area (Å²) in [5.41, 5.74) is 2.52. The zero-order valence-corrected chi connectivity index (χ0v) is 18.7. The number of hydrogen-bond donors (Lipinski definition) is 0. The molecule has 0 aliphatic carbocycles. The van der Waals surface area contributed by atoms with Crippen molar-refractivity contribution >= 4 is 23.2 Å². The van der Waals surface area contributed by atoms with Crippen molar-refractivity contribution in [1.82, 2.24) is 14.5 Å². The van der Waals surface area contributed by atoms with Gasteiger partial charge in [-0.1, -0.05) is 0 Å². The van der Waals surface area contributed by atoms with Gasteiger partial charge in [0, 0.05) is 50.8 Å². The van der Waals surface area contributed by atoms with Gasteiger partial charge in [0.15, 0.2) is 0 Å². The summed E-state index contributed by atoms with van der Waals surface area (Å²) in [5.74, 6) is 0.988. The fourth-order valence-electron chi connectivity index (χ4n) is 4.33. The minimum Gasteiger partial charge on any atom is -0.496 e. The summed E-state index contributed by atoms with van der Waals surface area (Å²) in [5, 5.41) is 1.34. The van der Waals surface area contributed by atoms with Gasteiger partial charge in [0.05, 0.1) is 31.6 Å². The molecule has 4 rings (SSSR count). The Hall–Kier alpha value is -3.72. The number of aryl methyl sites for hydroxylation is 1. The van der Waals surface area contributed by atoms with Gasteiger partial charge < -0.3 is 18.8 Å². The minimum absolute atomic E-state index is 0.109. The quantitative estimate of drug-likeness (QED) is 0.292. The largest absolute Gasteiger partial charge is 0.496 e. The van der Waals surface area contributed by atoms with Crippen molar-refractivity contribution in [2.45, 2.75) is 13.0 Å². The Morgan fingerprint density at radius 3 is 2.52 bits per heavy atom. The van der Waals surface area contributed by atoms with Gasteiger partial charge in [-0.05, 0) is 35.1 Å². The molecule has 9 heteroatoms. The second-order valence-electron chi connectivity index (χ2n) is 8.09. The van der Waals surface area contributed by atoms with Crippen LogP contribution in [0, 0.1) is 5.92 Å². The Morgan fingerprint density at radius 2 is 1.88 bits per heavy atom. The van der Waals surface area contributed by atoms with Crippen LogP contribution in [-0.2, 0) is 27.9 Å². The fourth-order valence-corrected chi connectivity index (χ4v) is 4.33. The zero-order chi connectivity index (χ0) is 23.5. The van der Waals surface area contributed by atoms with Gasteiger partial charge in [-0.2, -0.15) is 0 Å². The van der Waals surface area contributed by atoms with E-state index in [1.165, 1.54) is 0 Å². The highest BCUT2D eigenvalue weighted by Gasteiger charge is 2.30. The van der Waals surface area contributed by atoms with Gasteiger partial charge in [0.25, 0.3) is 5.56 Å². The van der Waals surface area contributed by atoms with Crippen molar-refractivity contribution in [1.29, 1.82) is 0 Å². The highest BCUT2D eigenvalue weighted by atomic mass is 16.6. The number of hydrogen-bond acceptors (Lipinski definition) is 8. The second kappa shape index (κ2) is 9.41. The average molecular weight is 451 g/mol. The first kappa shape index (κ1) is 22.5. The van der Waals surface area contributed by atoms with Crippen LogP contribution in [0.2, 0.25) is 0 Å². The first-order valence-electron chi connectivity index (χ1n) is 10.5. The maximum Gasteiger partial charge on any atom is 0.313 e. The molecule has 33 heavy (non-hydrogen) atoms. The predicted molar refractivity (Wildman–Crippen MR) is 121 cm³/mol. The monoisotopic (exact) mass is 451 g/mol. The molecule has 1 aliphatic heterocycles. The van der Waals surface area contributed by atoms with Crippen LogP contribution >= 0.6 is 0 Å². The van der Waals surface area contributed by atoms with Crippen molar-refractivity contribution < 1.29 is 23.8 Å². The fraction of sp³-hybridized carbons (Fsp3) is 0.333. The van der Waals surface area contributed by atoms with Crippen molar-refractivity contribution in [3.63, 3.8) is 0 Å². The zero-order valence-electron chi connectivity index (χ0n) is 18.7. The number of ether oxygens (including phenoxy) is 3. The number of fused-ring (bicyclic) bond motifs is 1. The molecule has 0 amide bonds. The lowest BCUT2D eigenvalue weighted by molar-refractivity contribution is -0.153. The number of likely N-dealkylation sites (tertiary alicyclic amines) is 1. The number of aromatic nitrogens is 2. The summed E-state index contributed by atoms with van der Waals surface area (Å²) in [6, 6.07) is 5.71. The molecule has 0 radical (unpaired) electrons. The van der Waals surface area contributed by atoms with E-state index >= 15 is 0 Å². The topological polar surface area (TPSA) is 100.0 Å². The summed E-state index contributed by atoms with van der Waals surface area (Å²) >= 11 is 0. The number of rotatable bonds is 8. The van der Waals surface area contributed by atoms with Gasteiger partial charge in [-0.25, -0.2) is 0 Å². The lowest BCUT2D eigenvalue weighted by atomic mass is 9.94. The summed E-state index contributed by atoms with van der Waals surface area (Å²) in [6.07, 6.45) is 5.27. The third-order valence-electron chi connectivity index (χ3n) is 5.95. The predicted octanol–water partition coefficient (Wildman–Crippen LogP) is 2.14. The third-order valence-corrected chi connectivity index (χ3v) is 5.95. The van der Waals surface area contributed by atoms with Gasteiger partial charge in [0.1, 0.15) is 11.5 Å². The number of carbonyl (C=O) groups excluding carboxylic acids is 2. The van der Waals surface area contributed by atoms with Crippen molar-refractivity contribution in [2.24, 2.45) is 13.0 Å². The minimum atomic E-state index is -0.506. The summed E-state index contributed by atoms with van der Waals surface area (Å²) < 4.78 is 17.3. The van der Waals surface area contributed by atoms with Gasteiger partial charge >= 0.3 is 12.4 Å². The molecule has 0 atom stereocenters. The number of benzene rings is 1. The second-order valence-corrected chi connectivity index (χ2v) is 8.09. The molecule has 0 saturated carbocycles. The van der Waals surface area contributed by atoms with Crippen molar-refractivity contribution in [3.05, 3.63) is 52.7 Å². The molecule has 3 aromatic rings. The van der Waals surface area contributed by atoms with Gasteiger partial charge in [0.2, 0.25) is 0 Å². The van der Waals surface area contributed by atoms with Crippen LogP contribution in [0.3, 0.4) is 0 Å². The highest BCUT2D eigenvalue weighted by Crippen LogP contribution is 2.38. The van der Waals surface area contributed by atoms with Gasteiger partial charge in [-0.3, -0.25) is 24.3 Å². The van der Waals surface area contributed by atoms with Crippen LogP contribution in [0.4, 0.5) is 0 Å². The Labute approximate surface area is 190 Å². The molecular weight excluding hydrogens is 426 g/mol. The van der Waals surface area contributed by atoms with Crippen LogP contribution in [0.5, 0.6) is 11.5 Å². The van der Waals surface area contributed by atoms with Crippen LogP contribution in [0.15, 0.2) is 41.6 Å².